The van der Waals surface area contributed by atoms with Gasteiger partial charge >= 0.3 is 41.6 Å². The van der Waals surface area contributed by atoms with E-state index < -0.39 is 69.7 Å². The smallest absolute Gasteiger partial charge is 1.00 e. The zero-order chi connectivity index (χ0) is 85.0. The molecule has 2 unspecified atom stereocenters. The number of carbonyl (C=O) groups is 1. The number of ether oxygens (including phenoxy) is 3. The molecule has 0 saturated carbocycles. The number of pyridine rings is 3. The number of hydrogen-bond acceptors (Lipinski definition) is 21. The number of benzene rings is 3. The predicted octanol–water partition coefficient (Wildman–Crippen LogP) is 20.3. The summed E-state index contributed by atoms with van der Waals surface area (Å²) in [5.74, 6) is 0.218. The maximum absolute atomic E-state index is 13.2. The molecule has 0 amide bonds. The van der Waals surface area contributed by atoms with Crippen LogP contribution in [0.25, 0.3) is 85.9 Å². The van der Waals surface area contributed by atoms with Crippen LogP contribution in [0.1, 0.15) is 94.4 Å². The number of aromatic nitrogens is 12. The van der Waals surface area contributed by atoms with E-state index in [1.165, 1.54) is 61.9 Å². The SMILES string of the molecule is C.C.C.CC(C)(C)[Si](C)(C)OCC(=O)COc1cc(Cl)c(-c2noc(-c3cn4cc(C(F)(F)F)cc(Cl)c4n3)n2)cc1Cl.CC(O)(CO)COc1cc(Cl)c(-c2noc(-c3cn4cc(C(F)(F)F)cc(Cl)c4n3)n2)cc1Cl.CC(O)(COc1cc(Cl)c(-c2noc(-c3cn4cc(C(F)(F)F)cc(Cl)c4n3)n2)cc1Cl)CO[Si](C)(C)C(C)(C)C.[Br-].[CH3-].[Mg+2]. The molecular formula is C75H81BrCl9F9MgN12O12Si2. The second-order valence-electron chi connectivity index (χ2n) is 29.5. The molecule has 24 nitrogen and oxygen atoms in total. The second-order valence-corrected chi connectivity index (χ2v) is 42.8. The van der Waals surface area contributed by atoms with Gasteiger partial charge in [0.05, 0.1) is 81.7 Å². The van der Waals surface area contributed by atoms with Crippen molar-refractivity contribution in [3.05, 3.63) is 161 Å². The number of alkyl halides is 9. The number of aliphatic hydroxyl groups is 3. The van der Waals surface area contributed by atoms with Crippen molar-refractivity contribution in [2.24, 2.45) is 0 Å². The van der Waals surface area contributed by atoms with Crippen LogP contribution in [0.5, 0.6) is 17.2 Å². The molecule has 0 aliphatic carbocycles. The van der Waals surface area contributed by atoms with E-state index in [1.54, 1.807) is 6.92 Å². The topological polar surface area (TPSA) is 293 Å². The molecule has 0 spiro atoms. The average molecular weight is 1990 g/mol. The molecule has 0 saturated heterocycles. The first-order valence-corrected chi connectivity index (χ1v) is 42.8. The number of ketones is 1. The quantitative estimate of drug-likeness (QED) is 0.0323. The molecule has 0 bridgehead atoms. The van der Waals surface area contributed by atoms with Crippen LogP contribution in [-0.2, 0) is 32.2 Å². The van der Waals surface area contributed by atoms with E-state index in [0.717, 1.165) is 50.0 Å². The minimum atomic E-state index is -4.59. The van der Waals surface area contributed by atoms with Crippen molar-refractivity contribution in [2.45, 2.75) is 144 Å². The van der Waals surface area contributed by atoms with Gasteiger partial charge in [0.1, 0.15) is 65.4 Å². The number of nitrogens with zero attached hydrogens (tertiary/aromatic N) is 12. The Morgan fingerprint density at radius 2 is 0.702 bits per heavy atom. The Bertz CT molecular complexity index is 5630. The summed E-state index contributed by atoms with van der Waals surface area (Å²) < 4.78 is 166. The summed E-state index contributed by atoms with van der Waals surface area (Å²) in [6, 6.07) is 10.9. The third-order valence-corrected chi connectivity index (χ3v) is 29.6. The Kier molecular flexibility index (Phi) is 36.2. The van der Waals surface area contributed by atoms with Crippen LogP contribution in [0.3, 0.4) is 0 Å². The monoisotopic (exact) mass is 1990 g/mol. The molecule has 12 rings (SSSR count). The number of halogens is 19. The molecule has 46 heteroatoms. The van der Waals surface area contributed by atoms with Gasteiger partial charge in [-0.25, -0.2) is 15.0 Å². The molecule has 12 aromatic rings. The van der Waals surface area contributed by atoms with E-state index in [9.17, 15) is 54.5 Å². The standard InChI is InChI=1S/C26H28Cl3F3N4O4Si.C25H24Cl3F3N4O4Si.C20H14Cl3F3N4O4.3CH4.CH3.BrH.Mg/c1-24(2,3)41(5,6)39-13-25(4,37)12-38-20-9-16(27)15(8-17(20)28)21-34-23(40-35-21)19-11-36-10-14(26(30,31)32)7-18(29)22(36)33-19;1-24(2,3)40(4,5)38-12-14(36)11-37-20-8-16(26)15(7-17(20)27)21-33-23(39-34-21)19-10-35-9-13(25(29,30)31)6-18(28)22(35)32-19;1-19(32,7-31)8-33-15-4-11(21)10(3-12(15)22)16-28-18(34-29-16)14-6-30-5-9(20(24,25)26)2-13(23)17(30)27-14;;;;;;/h7-11,37H,12-13H2,1-6H3;6-10H,11-12H2,1-5H3;2-6,31-32H,7-8H2,1H3;3*1H4;1H3;1H;/q;;;;;;-1;;+2/p-1. The van der Waals surface area contributed by atoms with E-state index in [-0.39, 0.29) is 256 Å². The Morgan fingerprint density at radius 1 is 0.413 bits per heavy atom. The van der Waals surface area contributed by atoms with E-state index in [0.29, 0.717) is 11.1 Å². The Balaban J connectivity index is 0.000000374. The Hall–Kier alpha value is -6.32. The van der Waals surface area contributed by atoms with Crippen LogP contribution in [0.2, 0.25) is 81.5 Å². The van der Waals surface area contributed by atoms with E-state index in [4.69, 9.17) is 146 Å². The van der Waals surface area contributed by atoms with Crippen LogP contribution in [0.15, 0.2) is 105 Å². The first-order chi connectivity index (χ1) is 53.1. The molecule has 9 heterocycles. The van der Waals surface area contributed by atoms with Gasteiger partial charge in [-0.2, -0.15) is 54.5 Å². The maximum Gasteiger partial charge on any atom is 2.00 e. The van der Waals surface area contributed by atoms with Crippen LogP contribution >= 0.6 is 104 Å². The summed E-state index contributed by atoms with van der Waals surface area (Å²) in [5.41, 5.74) is -4.15. The average Bonchev–Trinajstić information content (AvgIpc) is 1.64. The molecule has 0 aliphatic heterocycles. The number of aliphatic hydroxyl groups excluding tert-OH is 1. The molecule has 0 radical (unpaired) electrons. The molecule has 121 heavy (non-hydrogen) atoms. The molecule has 2 atom stereocenters. The van der Waals surface area contributed by atoms with Gasteiger partial charge in [-0.15, -0.1) is 0 Å². The van der Waals surface area contributed by atoms with E-state index in [2.05, 4.69) is 100 Å². The number of rotatable bonds is 22. The van der Waals surface area contributed by atoms with Gasteiger partial charge in [0.2, 0.25) is 17.5 Å². The number of Topliss-reactive ketones (excluding diaryl/α,β-unsaturated/α-hetero) is 1. The van der Waals surface area contributed by atoms with Crippen LogP contribution in [0.4, 0.5) is 39.5 Å². The van der Waals surface area contributed by atoms with Crippen LogP contribution < -0.4 is 31.2 Å². The summed E-state index contributed by atoms with van der Waals surface area (Å²) in [7, 11) is -4.17. The molecular weight excluding hydrogens is 1910 g/mol. The Morgan fingerprint density at radius 3 is 0.992 bits per heavy atom. The molecule has 3 aromatic carbocycles. The largest absolute Gasteiger partial charge is 2.00 e. The first-order valence-electron chi connectivity index (χ1n) is 33.6. The molecule has 9 aromatic heterocycles. The van der Waals surface area contributed by atoms with Crippen molar-refractivity contribution in [3.63, 3.8) is 0 Å². The number of hydrogen-bond donors (Lipinski definition) is 3. The summed E-state index contributed by atoms with van der Waals surface area (Å²) in [6.07, 6.45) is -7.34. The minimum Gasteiger partial charge on any atom is -1.00 e. The summed E-state index contributed by atoms with van der Waals surface area (Å²) >= 11 is 56.2. The third-order valence-electron chi connectivity index (χ3n) is 18.0. The van der Waals surface area contributed by atoms with Crippen molar-refractivity contribution in [1.82, 2.24) is 58.6 Å². The van der Waals surface area contributed by atoms with Crippen molar-refractivity contribution in [1.29, 1.82) is 0 Å². The van der Waals surface area contributed by atoms with Gasteiger partial charge in [-0.05, 0) is 86.5 Å². The van der Waals surface area contributed by atoms with Crippen molar-refractivity contribution >= 4 is 167 Å². The van der Waals surface area contributed by atoms with Gasteiger partial charge < -0.3 is 89.6 Å². The fourth-order valence-corrected chi connectivity index (χ4v) is 13.7. The normalized spacial score (nSPS) is 13.0. The van der Waals surface area contributed by atoms with Crippen molar-refractivity contribution < 1.29 is 113 Å². The molecule has 3 N–H and O–H groups in total. The van der Waals surface area contributed by atoms with E-state index in [1.807, 2.05) is 13.1 Å². The summed E-state index contributed by atoms with van der Waals surface area (Å²) in [4.78, 5) is 37.7. The minimum absolute atomic E-state index is 0. The third kappa shape index (κ3) is 26.0. The van der Waals surface area contributed by atoms with Crippen LogP contribution in [-0.4, -0.2) is 170 Å². The first kappa shape index (κ1) is 107. The van der Waals surface area contributed by atoms with Crippen molar-refractivity contribution in [3.8, 4) is 86.2 Å². The fraction of sp³-hybridized carbons (Fsp3) is 0.373. The van der Waals surface area contributed by atoms with Gasteiger partial charge in [-0.1, -0.05) is 184 Å². The second kappa shape index (κ2) is 41.0. The Labute approximate surface area is 763 Å². The summed E-state index contributed by atoms with van der Waals surface area (Å²) in [5, 5.41) is 41.7. The molecule has 0 aliphatic rings. The van der Waals surface area contributed by atoms with Crippen molar-refractivity contribution in [2.75, 3.05) is 39.6 Å². The summed E-state index contributed by atoms with van der Waals surface area (Å²) in [6.45, 7) is 22.8. The van der Waals surface area contributed by atoms with E-state index >= 15 is 0 Å². The zero-order valence-electron chi connectivity index (χ0n) is 64.2. The maximum atomic E-state index is 13.2. The van der Waals surface area contributed by atoms with Crippen LogP contribution in [0, 0.1) is 7.43 Å². The fourth-order valence-electron chi connectivity index (χ4n) is 9.47. The number of fused-ring (bicyclic) bond motifs is 3. The number of carbonyl (C=O) groups excluding carboxylic acids is 1. The predicted molar refractivity (Wildman–Crippen MR) is 450 cm³/mol. The zero-order valence-corrected chi connectivity index (χ0v) is 76.0. The van der Waals surface area contributed by atoms with Gasteiger partial charge in [0.25, 0.3) is 17.7 Å². The molecule has 0 fully saturated rings. The van der Waals surface area contributed by atoms with Gasteiger partial charge in [-0.3, -0.25) is 4.79 Å². The molecule has 656 valence electrons. The van der Waals surface area contributed by atoms with Gasteiger partial charge in [0, 0.05) is 72.1 Å². The number of imidazole rings is 3. The van der Waals surface area contributed by atoms with Gasteiger partial charge in [0.15, 0.2) is 39.4 Å².